The van der Waals surface area contributed by atoms with E-state index in [1.165, 1.54) is 0 Å². The molecule has 0 aliphatic carbocycles. The number of carboxylic acids is 1. The maximum Gasteiger partial charge on any atom is 0.322 e. The van der Waals surface area contributed by atoms with E-state index in [2.05, 4.69) is 25.9 Å². The molecule has 3 amide bonds. The quantitative estimate of drug-likeness (QED) is 0.383. The summed E-state index contributed by atoms with van der Waals surface area (Å²) in [6.45, 7) is -0.286. The number of nitrogens with zero attached hydrogens (tertiary/aromatic N) is 1. The van der Waals surface area contributed by atoms with Crippen molar-refractivity contribution in [2.45, 2.75) is 12.8 Å². The minimum absolute atomic E-state index is 0.267. The third-order valence-corrected chi connectivity index (χ3v) is 2.28. The number of amides is 3. The molecule has 1 rings (SSSR count). The van der Waals surface area contributed by atoms with E-state index in [1.807, 2.05) is 0 Å². The molecule has 0 fully saturated rings. The van der Waals surface area contributed by atoms with Crippen LogP contribution in [0.15, 0.2) is 12.4 Å². The Morgan fingerprint density at radius 1 is 1.20 bits per heavy atom. The number of aromatic amines is 1. The second-order valence-corrected chi connectivity index (χ2v) is 3.92. The second kappa shape index (κ2) is 8.51. The lowest BCUT2D eigenvalue weighted by molar-refractivity contribution is -0.137. The zero-order chi connectivity index (χ0) is 14.8. The highest BCUT2D eigenvalue weighted by Crippen LogP contribution is 1.92. The van der Waals surface area contributed by atoms with E-state index in [4.69, 9.17) is 5.11 Å². The van der Waals surface area contributed by atoms with E-state index in [0.717, 1.165) is 5.82 Å². The van der Waals surface area contributed by atoms with Gasteiger partial charge >= 0.3 is 12.0 Å². The van der Waals surface area contributed by atoms with Crippen LogP contribution in [0.4, 0.5) is 4.79 Å². The number of carboxylic acid groups (broad SMARTS) is 1. The van der Waals surface area contributed by atoms with Crippen molar-refractivity contribution in [2.24, 2.45) is 0 Å². The summed E-state index contributed by atoms with van der Waals surface area (Å²) in [5.74, 6) is -0.848. The fourth-order valence-corrected chi connectivity index (χ4v) is 1.35. The first-order valence-electron chi connectivity index (χ1n) is 6.06. The summed E-state index contributed by atoms with van der Waals surface area (Å²) in [5.41, 5.74) is 0. The largest absolute Gasteiger partial charge is 0.480 e. The van der Waals surface area contributed by atoms with Gasteiger partial charge in [-0.25, -0.2) is 9.78 Å². The minimum Gasteiger partial charge on any atom is -0.480 e. The number of H-pyrrole nitrogens is 1. The number of aromatic nitrogens is 2. The molecule has 110 valence electrons. The van der Waals surface area contributed by atoms with Crippen LogP contribution in [0.2, 0.25) is 0 Å². The van der Waals surface area contributed by atoms with Gasteiger partial charge in [-0.15, -0.1) is 0 Å². The summed E-state index contributed by atoms with van der Waals surface area (Å²) >= 11 is 0. The van der Waals surface area contributed by atoms with Gasteiger partial charge in [0, 0.05) is 25.4 Å². The van der Waals surface area contributed by atoms with Crippen molar-refractivity contribution in [1.29, 1.82) is 0 Å². The highest BCUT2D eigenvalue weighted by atomic mass is 16.4. The van der Waals surface area contributed by atoms with Crippen LogP contribution in [0.5, 0.6) is 0 Å². The molecule has 1 aromatic heterocycles. The number of aryl methyl sites for hydroxylation is 1. The summed E-state index contributed by atoms with van der Waals surface area (Å²) < 4.78 is 0. The number of nitrogens with one attached hydrogen (secondary N) is 4. The Morgan fingerprint density at radius 2 is 2.00 bits per heavy atom. The monoisotopic (exact) mass is 283 g/mol. The fraction of sp³-hybridized carbons (Fsp3) is 0.455. The van der Waals surface area contributed by atoms with Gasteiger partial charge in [0.1, 0.15) is 12.4 Å². The molecule has 20 heavy (non-hydrogen) atoms. The third-order valence-electron chi connectivity index (χ3n) is 2.28. The van der Waals surface area contributed by atoms with E-state index in [9.17, 15) is 14.4 Å². The number of aliphatic carboxylic acids is 1. The molecule has 0 spiro atoms. The van der Waals surface area contributed by atoms with Crippen LogP contribution in [0, 0.1) is 0 Å². The Kier molecular flexibility index (Phi) is 6.59. The lowest BCUT2D eigenvalue weighted by atomic mass is 10.3. The maximum absolute atomic E-state index is 11.3. The Balaban J connectivity index is 2.02. The SMILES string of the molecule is O=C(O)CNC(=O)CNC(=O)NCCCc1ncc[nH]1. The minimum atomic E-state index is -1.14. The van der Waals surface area contributed by atoms with Gasteiger partial charge in [0.05, 0.1) is 6.54 Å². The molecule has 0 atom stereocenters. The first kappa shape index (κ1) is 15.5. The van der Waals surface area contributed by atoms with Crippen LogP contribution in [-0.4, -0.2) is 52.6 Å². The van der Waals surface area contributed by atoms with Crippen molar-refractivity contribution in [3.05, 3.63) is 18.2 Å². The van der Waals surface area contributed by atoms with Gasteiger partial charge in [-0.2, -0.15) is 0 Å². The van der Waals surface area contributed by atoms with Crippen LogP contribution < -0.4 is 16.0 Å². The highest BCUT2D eigenvalue weighted by molar-refractivity contribution is 5.86. The molecule has 5 N–H and O–H groups in total. The molecule has 1 aromatic rings. The van der Waals surface area contributed by atoms with Gasteiger partial charge in [-0.1, -0.05) is 0 Å². The van der Waals surface area contributed by atoms with Crippen molar-refractivity contribution in [3.8, 4) is 0 Å². The molecule has 9 heteroatoms. The number of hydrogen-bond acceptors (Lipinski definition) is 4. The smallest absolute Gasteiger partial charge is 0.322 e. The zero-order valence-corrected chi connectivity index (χ0v) is 10.8. The van der Waals surface area contributed by atoms with Crippen LogP contribution in [0.25, 0.3) is 0 Å². The van der Waals surface area contributed by atoms with Crippen molar-refractivity contribution >= 4 is 17.9 Å². The summed E-state index contributed by atoms with van der Waals surface area (Å²) in [4.78, 5) is 39.6. The molecular weight excluding hydrogens is 266 g/mol. The molecule has 0 aliphatic heterocycles. The number of rotatable bonds is 8. The predicted octanol–water partition coefficient (Wildman–Crippen LogP) is -1.16. The highest BCUT2D eigenvalue weighted by Gasteiger charge is 2.06. The van der Waals surface area contributed by atoms with Crippen LogP contribution in [-0.2, 0) is 16.0 Å². The Labute approximate surface area is 115 Å². The first-order chi connectivity index (χ1) is 9.58. The number of imidazole rings is 1. The number of carbonyl (C=O) groups excluding carboxylic acids is 2. The van der Waals surface area contributed by atoms with E-state index in [-0.39, 0.29) is 6.54 Å². The molecule has 0 aromatic carbocycles. The van der Waals surface area contributed by atoms with Crippen LogP contribution >= 0.6 is 0 Å². The van der Waals surface area contributed by atoms with Gasteiger partial charge in [-0.05, 0) is 6.42 Å². The lowest BCUT2D eigenvalue weighted by Crippen LogP contribution is -2.43. The van der Waals surface area contributed by atoms with Crippen LogP contribution in [0.1, 0.15) is 12.2 Å². The van der Waals surface area contributed by atoms with Crippen molar-refractivity contribution in [1.82, 2.24) is 25.9 Å². The van der Waals surface area contributed by atoms with Crippen LogP contribution in [0.3, 0.4) is 0 Å². The molecule has 0 saturated heterocycles. The van der Waals surface area contributed by atoms with E-state index < -0.39 is 24.5 Å². The number of carbonyl (C=O) groups is 3. The van der Waals surface area contributed by atoms with E-state index in [1.54, 1.807) is 12.4 Å². The summed E-state index contributed by atoms with van der Waals surface area (Å²) in [6, 6.07) is -0.477. The average Bonchev–Trinajstić information content (AvgIpc) is 2.92. The standard InChI is InChI=1S/C11H17N5O4/c17-9(15-7-10(18)19)6-16-11(20)14-3-1-2-8-12-4-5-13-8/h4-5H,1-3,6-7H2,(H,12,13)(H,15,17)(H,18,19)(H2,14,16,20). The molecule has 0 bridgehead atoms. The van der Waals surface area contributed by atoms with Crippen molar-refractivity contribution < 1.29 is 19.5 Å². The lowest BCUT2D eigenvalue weighted by Gasteiger charge is -2.07. The second-order valence-electron chi connectivity index (χ2n) is 3.92. The van der Waals surface area contributed by atoms with E-state index >= 15 is 0 Å². The third kappa shape index (κ3) is 6.99. The maximum atomic E-state index is 11.3. The molecule has 0 aliphatic rings. The Hall–Kier alpha value is -2.58. The predicted molar refractivity (Wildman–Crippen MR) is 69.0 cm³/mol. The summed E-state index contributed by atoms with van der Waals surface area (Å²) in [7, 11) is 0. The Bertz CT molecular complexity index is 446. The molecule has 1 heterocycles. The van der Waals surface area contributed by atoms with Gasteiger partial charge in [0.25, 0.3) is 0 Å². The van der Waals surface area contributed by atoms with Gasteiger partial charge < -0.3 is 26.0 Å². The Morgan fingerprint density at radius 3 is 2.65 bits per heavy atom. The summed E-state index contributed by atoms with van der Waals surface area (Å²) in [6.07, 6.45) is 4.81. The van der Waals surface area contributed by atoms with Crippen molar-refractivity contribution in [2.75, 3.05) is 19.6 Å². The number of urea groups is 1. The van der Waals surface area contributed by atoms with Crippen molar-refractivity contribution in [3.63, 3.8) is 0 Å². The molecular formula is C11H17N5O4. The van der Waals surface area contributed by atoms with E-state index in [0.29, 0.717) is 19.4 Å². The average molecular weight is 283 g/mol. The number of hydrogen-bond donors (Lipinski definition) is 5. The van der Waals surface area contributed by atoms with Gasteiger partial charge in [-0.3, -0.25) is 9.59 Å². The molecule has 0 radical (unpaired) electrons. The fourth-order valence-electron chi connectivity index (χ4n) is 1.35. The van der Waals surface area contributed by atoms with Gasteiger partial charge in [0.15, 0.2) is 0 Å². The normalized spacial score (nSPS) is 9.80. The topological polar surface area (TPSA) is 136 Å². The zero-order valence-electron chi connectivity index (χ0n) is 10.8. The molecule has 9 nitrogen and oxygen atoms in total. The summed E-state index contributed by atoms with van der Waals surface area (Å²) in [5, 5.41) is 15.4. The first-order valence-corrected chi connectivity index (χ1v) is 6.06. The molecule has 0 unspecified atom stereocenters. The molecule has 0 saturated carbocycles. The van der Waals surface area contributed by atoms with Gasteiger partial charge in [0.2, 0.25) is 5.91 Å².